The summed E-state index contributed by atoms with van der Waals surface area (Å²) >= 11 is 6.25. The first-order valence-corrected chi connectivity index (χ1v) is 10.6. The third-order valence-corrected chi connectivity index (χ3v) is 5.67. The minimum Gasteiger partial charge on any atom is -0.381 e. The fourth-order valence-corrected chi connectivity index (χ4v) is 3.74. The number of ether oxygens (including phenoxy) is 1. The summed E-state index contributed by atoms with van der Waals surface area (Å²) in [5, 5.41) is 10.3. The molecule has 1 saturated carbocycles. The van der Waals surface area contributed by atoms with E-state index >= 15 is 0 Å². The number of nitrogens with zero attached hydrogens (tertiary/aromatic N) is 1. The van der Waals surface area contributed by atoms with Crippen molar-refractivity contribution in [3.63, 3.8) is 0 Å². The van der Waals surface area contributed by atoms with Crippen LogP contribution in [0.15, 0.2) is 29.3 Å². The number of amides is 1. The predicted molar refractivity (Wildman–Crippen MR) is 113 cm³/mol. The Morgan fingerprint density at radius 1 is 1.21 bits per heavy atom. The molecule has 0 unspecified atom stereocenters. The molecule has 1 aliphatic carbocycles. The molecule has 154 valence electrons. The van der Waals surface area contributed by atoms with Gasteiger partial charge >= 0.3 is 0 Å². The fourth-order valence-electron chi connectivity index (χ4n) is 3.55. The Labute approximate surface area is 172 Å². The topological polar surface area (TPSA) is 74.8 Å². The number of aliphatic imine (C=N–C) groups is 1. The Hall–Kier alpha value is -1.79. The number of hydrogen-bond donors (Lipinski definition) is 3. The highest BCUT2D eigenvalue weighted by molar-refractivity contribution is 6.30. The van der Waals surface area contributed by atoms with Gasteiger partial charge in [0.1, 0.15) is 0 Å². The zero-order valence-electron chi connectivity index (χ0n) is 16.6. The summed E-state index contributed by atoms with van der Waals surface area (Å²) in [6.45, 7) is 6.23. The molecule has 0 radical (unpaired) electrons. The molecular weight excluding hydrogens is 376 g/mol. The average Bonchev–Trinajstić information content (AvgIpc) is 3.55. The van der Waals surface area contributed by atoms with Gasteiger partial charge < -0.3 is 20.7 Å². The third-order valence-electron chi connectivity index (χ3n) is 5.44. The fraction of sp³-hybridized carbons (Fsp3) is 0.619. The van der Waals surface area contributed by atoms with Crippen molar-refractivity contribution in [2.24, 2.45) is 10.9 Å². The molecule has 1 saturated heterocycles. The van der Waals surface area contributed by atoms with E-state index in [1.165, 1.54) is 5.56 Å². The first-order chi connectivity index (χ1) is 13.6. The van der Waals surface area contributed by atoms with E-state index in [9.17, 15) is 4.79 Å². The summed E-state index contributed by atoms with van der Waals surface area (Å²) < 4.78 is 5.60. The maximum absolute atomic E-state index is 11.7. The van der Waals surface area contributed by atoms with E-state index in [0.29, 0.717) is 19.6 Å². The van der Waals surface area contributed by atoms with Crippen molar-refractivity contribution in [2.45, 2.75) is 38.0 Å². The lowest BCUT2D eigenvalue weighted by Gasteiger charge is -2.36. The van der Waals surface area contributed by atoms with Gasteiger partial charge in [-0.15, -0.1) is 0 Å². The monoisotopic (exact) mass is 406 g/mol. The molecule has 1 aliphatic heterocycles. The van der Waals surface area contributed by atoms with Gasteiger partial charge in [0.15, 0.2) is 5.96 Å². The van der Waals surface area contributed by atoms with Crippen LogP contribution in [-0.4, -0.2) is 51.3 Å². The van der Waals surface area contributed by atoms with Gasteiger partial charge in [-0.05, 0) is 50.3 Å². The minimum absolute atomic E-state index is 0.0638. The molecule has 0 bridgehead atoms. The molecule has 1 aromatic carbocycles. The smallest absolute Gasteiger partial charge is 0.223 e. The molecule has 0 spiro atoms. The van der Waals surface area contributed by atoms with Gasteiger partial charge in [0.2, 0.25) is 5.91 Å². The minimum atomic E-state index is -0.0638. The van der Waals surface area contributed by atoms with Gasteiger partial charge in [0.05, 0.1) is 6.54 Å². The first kappa shape index (κ1) is 20.9. The van der Waals surface area contributed by atoms with Crippen LogP contribution in [-0.2, 0) is 14.9 Å². The second kappa shape index (κ2) is 10.1. The Morgan fingerprint density at radius 3 is 2.64 bits per heavy atom. The molecule has 0 aromatic heterocycles. The Kier molecular flexibility index (Phi) is 7.57. The zero-order chi connectivity index (χ0) is 19.8. The van der Waals surface area contributed by atoms with Crippen LogP contribution in [0.1, 0.15) is 38.2 Å². The van der Waals surface area contributed by atoms with Gasteiger partial charge in [0, 0.05) is 49.2 Å². The lowest BCUT2D eigenvalue weighted by atomic mass is 9.74. The van der Waals surface area contributed by atoms with Crippen LogP contribution in [0, 0.1) is 5.92 Å². The number of halogens is 1. The maximum atomic E-state index is 11.7. The predicted octanol–water partition coefficient (Wildman–Crippen LogP) is 2.47. The van der Waals surface area contributed by atoms with E-state index < -0.39 is 0 Å². The van der Waals surface area contributed by atoms with Crippen molar-refractivity contribution in [3.05, 3.63) is 34.9 Å². The molecule has 1 amide bonds. The van der Waals surface area contributed by atoms with Crippen LogP contribution < -0.4 is 16.0 Å². The van der Waals surface area contributed by atoms with Crippen LogP contribution in [0.25, 0.3) is 0 Å². The van der Waals surface area contributed by atoms with Crippen molar-refractivity contribution >= 4 is 23.5 Å². The van der Waals surface area contributed by atoms with Crippen molar-refractivity contribution in [2.75, 3.05) is 39.4 Å². The number of carbonyl (C=O) groups excluding carboxylic acids is 1. The number of nitrogens with one attached hydrogen (secondary N) is 3. The summed E-state index contributed by atoms with van der Waals surface area (Å²) in [6.07, 6.45) is 3.90. The highest BCUT2D eigenvalue weighted by Gasteiger charge is 2.34. The molecule has 3 rings (SSSR count). The van der Waals surface area contributed by atoms with Crippen LogP contribution in [0.3, 0.4) is 0 Å². The van der Waals surface area contributed by atoms with Gasteiger partial charge in [-0.2, -0.15) is 0 Å². The third kappa shape index (κ3) is 5.85. The molecule has 0 atom stereocenters. The van der Waals surface area contributed by atoms with Crippen molar-refractivity contribution < 1.29 is 9.53 Å². The second-order valence-electron chi connectivity index (χ2n) is 7.59. The first-order valence-electron chi connectivity index (χ1n) is 10.3. The van der Waals surface area contributed by atoms with Crippen molar-refractivity contribution in [3.8, 4) is 0 Å². The summed E-state index contributed by atoms with van der Waals surface area (Å²) in [6, 6.07) is 8.10. The van der Waals surface area contributed by atoms with Crippen molar-refractivity contribution in [1.29, 1.82) is 0 Å². The molecule has 2 aliphatic rings. The van der Waals surface area contributed by atoms with Crippen LogP contribution in [0.5, 0.6) is 0 Å². The normalized spacial score (nSPS) is 19.1. The summed E-state index contributed by atoms with van der Waals surface area (Å²) in [5.74, 6) is 1.19. The van der Waals surface area contributed by atoms with E-state index in [2.05, 4.69) is 28.1 Å². The molecular formula is C21H31ClN4O2. The number of rotatable bonds is 8. The highest BCUT2D eigenvalue weighted by atomic mass is 35.5. The van der Waals surface area contributed by atoms with E-state index in [4.69, 9.17) is 21.3 Å². The van der Waals surface area contributed by atoms with E-state index in [1.807, 2.05) is 19.1 Å². The van der Waals surface area contributed by atoms with E-state index in [1.54, 1.807) is 0 Å². The Bertz CT molecular complexity index is 685. The SMILES string of the molecule is CCNC(=NCC1(c2cccc(Cl)c2)CCOCC1)NCCNC(=O)C1CC1. The number of carbonyl (C=O) groups is 1. The van der Waals surface area contributed by atoms with Gasteiger partial charge in [-0.3, -0.25) is 9.79 Å². The van der Waals surface area contributed by atoms with E-state index in [-0.39, 0.29) is 17.2 Å². The van der Waals surface area contributed by atoms with Crippen molar-refractivity contribution in [1.82, 2.24) is 16.0 Å². The second-order valence-corrected chi connectivity index (χ2v) is 8.03. The molecule has 1 heterocycles. The number of hydrogen-bond acceptors (Lipinski definition) is 3. The largest absolute Gasteiger partial charge is 0.381 e. The Balaban J connectivity index is 1.61. The van der Waals surface area contributed by atoms with Gasteiger partial charge in [0.25, 0.3) is 0 Å². The number of benzene rings is 1. The Morgan fingerprint density at radius 2 is 1.96 bits per heavy atom. The highest BCUT2D eigenvalue weighted by Crippen LogP contribution is 2.36. The lowest BCUT2D eigenvalue weighted by Crippen LogP contribution is -2.43. The molecule has 2 fully saturated rings. The molecule has 6 nitrogen and oxygen atoms in total. The summed E-state index contributed by atoms with van der Waals surface area (Å²) in [7, 11) is 0. The lowest BCUT2D eigenvalue weighted by molar-refractivity contribution is -0.122. The standard InChI is InChI=1S/C21H31ClN4O2/c1-2-23-20(25-11-10-24-19(27)16-6-7-16)26-15-21(8-12-28-13-9-21)17-4-3-5-18(22)14-17/h3-5,14,16H,2,6-13,15H2,1H3,(H,24,27)(H2,23,25,26). The molecule has 7 heteroatoms. The van der Waals surface area contributed by atoms with Crippen LogP contribution in [0.2, 0.25) is 5.02 Å². The average molecular weight is 407 g/mol. The number of guanidine groups is 1. The van der Waals surface area contributed by atoms with Crippen LogP contribution in [0.4, 0.5) is 0 Å². The summed E-state index contributed by atoms with van der Waals surface area (Å²) in [4.78, 5) is 16.6. The quantitative estimate of drug-likeness (QED) is 0.352. The maximum Gasteiger partial charge on any atom is 0.223 e. The molecule has 1 aromatic rings. The van der Waals surface area contributed by atoms with Gasteiger partial charge in [-0.1, -0.05) is 23.7 Å². The van der Waals surface area contributed by atoms with Gasteiger partial charge in [-0.25, -0.2) is 0 Å². The summed E-state index contributed by atoms with van der Waals surface area (Å²) in [5.41, 5.74) is 1.16. The molecule has 3 N–H and O–H groups in total. The zero-order valence-corrected chi connectivity index (χ0v) is 17.4. The van der Waals surface area contributed by atoms with E-state index in [0.717, 1.165) is 56.4 Å². The molecule has 28 heavy (non-hydrogen) atoms. The van der Waals surface area contributed by atoms with Crippen LogP contribution >= 0.6 is 11.6 Å².